The number of rotatable bonds is 4. The molecule has 1 aromatic carbocycles. The molecule has 6 heteroatoms. The van der Waals surface area contributed by atoms with Gasteiger partial charge in [0, 0.05) is 24.6 Å². The molecule has 0 N–H and O–H groups in total. The molecule has 3 aromatic rings. The Morgan fingerprint density at radius 1 is 1.32 bits per heavy atom. The van der Waals surface area contributed by atoms with Gasteiger partial charge in [0.15, 0.2) is 0 Å². The van der Waals surface area contributed by atoms with E-state index >= 15 is 0 Å². The predicted molar refractivity (Wildman–Crippen MR) is 97.4 cm³/mol. The lowest BCUT2D eigenvalue weighted by Gasteiger charge is -2.22. The highest BCUT2D eigenvalue weighted by molar-refractivity contribution is 7.22. The molecular weight excluding hydrogens is 339 g/mol. The van der Waals surface area contributed by atoms with Gasteiger partial charge in [-0.15, -0.1) is 11.3 Å². The largest absolute Gasteiger partial charge is 0.381 e. The van der Waals surface area contributed by atoms with E-state index in [9.17, 15) is 9.18 Å². The molecule has 1 saturated heterocycles. The van der Waals surface area contributed by atoms with Crippen molar-refractivity contribution in [2.24, 2.45) is 5.92 Å². The molecule has 1 aliphatic heterocycles. The van der Waals surface area contributed by atoms with Crippen molar-refractivity contribution >= 4 is 21.6 Å². The molecule has 25 heavy (non-hydrogen) atoms. The fourth-order valence-corrected chi connectivity index (χ4v) is 4.28. The van der Waals surface area contributed by atoms with E-state index in [1.165, 1.54) is 23.5 Å². The van der Waals surface area contributed by atoms with E-state index in [2.05, 4.69) is 4.98 Å². The summed E-state index contributed by atoms with van der Waals surface area (Å²) in [6.07, 6.45) is 4.83. The molecule has 3 heterocycles. The number of aromatic nitrogens is 2. The van der Waals surface area contributed by atoms with Crippen molar-refractivity contribution in [1.82, 2.24) is 9.55 Å². The standard InChI is InChI=1S/C19H19FN2O2S/c20-15-5-3-14(4-6-15)17-10-16-18(25-17)19(23)22(12-21-16)8-7-13-2-1-9-24-11-13/h3-6,10,12-13H,1-2,7-9,11H2/t13-/m0/s1. The van der Waals surface area contributed by atoms with Crippen LogP contribution in [0.2, 0.25) is 0 Å². The third kappa shape index (κ3) is 3.50. The Morgan fingerprint density at radius 3 is 2.92 bits per heavy atom. The third-order valence-corrected chi connectivity index (χ3v) is 5.83. The van der Waals surface area contributed by atoms with Gasteiger partial charge in [0.1, 0.15) is 10.5 Å². The minimum atomic E-state index is -0.267. The monoisotopic (exact) mass is 358 g/mol. The maximum atomic E-state index is 13.1. The van der Waals surface area contributed by atoms with Gasteiger partial charge in [-0.25, -0.2) is 9.37 Å². The molecule has 0 saturated carbocycles. The molecule has 4 rings (SSSR count). The number of ether oxygens (including phenoxy) is 1. The second-order valence-electron chi connectivity index (χ2n) is 6.45. The molecule has 0 aliphatic carbocycles. The van der Waals surface area contributed by atoms with Crippen LogP contribution in [0.4, 0.5) is 4.39 Å². The van der Waals surface area contributed by atoms with Gasteiger partial charge in [-0.3, -0.25) is 9.36 Å². The molecule has 4 nitrogen and oxygen atoms in total. The van der Waals surface area contributed by atoms with Crippen molar-refractivity contribution in [2.75, 3.05) is 13.2 Å². The summed E-state index contributed by atoms with van der Waals surface area (Å²) in [4.78, 5) is 18.1. The Labute approximate surface area is 148 Å². The molecule has 1 aliphatic rings. The molecule has 0 unspecified atom stereocenters. The second kappa shape index (κ2) is 7.06. The SMILES string of the molecule is O=c1c2sc(-c3ccc(F)cc3)cc2ncn1CC[C@@H]1CCCOC1. The normalized spacial score (nSPS) is 17.9. The quantitative estimate of drug-likeness (QED) is 0.706. The minimum absolute atomic E-state index is 0.0000829. The minimum Gasteiger partial charge on any atom is -0.381 e. The first-order valence-corrected chi connectivity index (χ1v) is 9.35. The van der Waals surface area contributed by atoms with Gasteiger partial charge in [0.25, 0.3) is 5.56 Å². The van der Waals surface area contributed by atoms with Crippen LogP contribution >= 0.6 is 11.3 Å². The zero-order valence-corrected chi connectivity index (χ0v) is 14.6. The summed E-state index contributed by atoms with van der Waals surface area (Å²) >= 11 is 1.42. The van der Waals surface area contributed by atoms with Gasteiger partial charge < -0.3 is 4.74 Å². The summed E-state index contributed by atoms with van der Waals surface area (Å²) in [5, 5.41) is 0. The number of benzene rings is 1. The summed E-state index contributed by atoms with van der Waals surface area (Å²) < 4.78 is 20.9. The summed E-state index contributed by atoms with van der Waals surface area (Å²) in [5.74, 6) is 0.256. The molecule has 2 aromatic heterocycles. The Hall–Kier alpha value is -2.05. The summed E-state index contributed by atoms with van der Waals surface area (Å²) in [5.41, 5.74) is 1.60. The average Bonchev–Trinajstić information content (AvgIpc) is 3.08. The number of halogens is 1. The van der Waals surface area contributed by atoms with Gasteiger partial charge in [-0.2, -0.15) is 0 Å². The molecule has 0 amide bonds. The van der Waals surface area contributed by atoms with Crippen LogP contribution in [0.3, 0.4) is 0 Å². The van der Waals surface area contributed by atoms with Crippen molar-refractivity contribution in [1.29, 1.82) is 0 Å². The first-order valence-electron chi connectivity index (χ1n) is 8.53. The van der Waals surface area contributed by atoms with Crippen LogP contribution in [0.25, 0.3) is 20.7 Å². The Balaban J connectivity index is 1.59. The van der Waals surface area contributed by atoms with Crippen LogP contribution < -0.4 is 5.56 Å². The van der Waals surface area contributed by atoms with Gasteiger partial charge in [-0.05, 0) is 48.9 Å². The first-order chi connectivity index (χ1) is 12.2. The van der Waals surface area contributed by atoms with Gasteiger partial charge in [0.2, 0.25) is 0 Å². The number of thiophene rings is 1. The van der Waals surface area contributed by atoms with Crippen molar-refractivity contribution in [3.05, 3.63) is 52.8 Å². The smallest absolute Gasteiger partial charge is 0.271 e. The highest BCUT2D eigenvalue weighted by atomic mass is 32.1. The van der Waals surface area contributed by atoms with Crippen molar-refractivity contribution < 1.29 is 9.13 Å². The molecule has 0 spiro atoms. The maximum Gasteiger partial charge on any atom is 0.271 e. The van der Waals surface area contributed by atoms with E-state index < -0.39 is 0 Å². The van der Waals surface area contributed by atoms with Crippen molar-refractivity contribution in [2.45, 2.75) is 25.8 Å². The molecular formula is C19H19FN2O2S. The average molecular weight is 358 g/mol. The summed E-state index contributed by atoms with van der Waals surface area (Å²) in [6, 6.07) is 8.20. The van der Waals surface area contributed by atoms with Crippen LogP contribution in [0.5, 0.6) is 0 Å². The fourth-order valence-electron chi connectivity index (χ4n) is 3.22. The van der Waals surface area contributed by atoms with E-state index in [0.29, 0.717) is 22.7 Å². The van der Waals surface area contributed by atoms with Gasteiger partial charge >= 0.3 is 0 Å². The van der Waals surface area contributed by atoms with Gasteiger partial charge in [-0.1, -0.05) is 12.1 Å². The first kappa shape index (κ1) is 16.4. The van der Waals surface area contributed by atoms with Gasteiger partial charge in [0.05, 0.1) is 11.8 Å². The highest BCUT2D eigenvalue weighted by Crippen LogP contribution is 2.30. The van der Waals surface area contributed by atoms with Crippen LogP contribution in [-0.2, 0) is 11.3 Å². The summed E-state index contributed by atoms with van der Waals surface area (Å²) in [7, 11) is 0. The Bertz CT molecular complexity index is 927. The van der Waals surface area contributed by atoms with Crippen LogP contribution in [-0.4, -0.2) is 22.8 Å². The van der Waals surface area contributed by atoms with E-state index in [-0.39, 0.29) is 11.4 Å². The number of nitrogens with zero attached hydrogens (tertiary/aromatic N) is 2. The van der Waals surface area contributed by atoms with Crippen LogP contribution in [0.15, 0.2) is 41.5 Å². The second-order valence-corrected chi connectivity index (χ2v) is 7.50. The number of aryl methyl sites for hydroxylation is 1. The highest BCUT2D eigenvalue weighted by Gasteiger charge is 2.15. The fraction of sp³-hybridized carbons (Fsp3) is 0.368. The zero-order chi connectivity index (χ0) is 17.2. The lowest BCUT2D eigenvalue weighted by atomic mass is 9.99. The molecule has 1 fully saturated rings. The Morgan fingerprint density at radius 2 is 2.16 bits per heavy atom. The lowest BCUT2D eigenvalue weighted by Crippen LogP contribution is -2.24. The number of hydrogen-bond acceptors (Lipinski definition) is 4. The molecule has 130 valence electrons. The summed E-state index contributed by atoms with van der Waals surface area (Å²) in [6.45, 7) is 2.31. The number of hydrogen-bond donors (Lipinski definition) is 0. The molecule has 0 bridgehead atoms. The molecule has 0 radical (unpaired) electrons. The molecule has 1 atom stereocenters. The van der Waals surface area contributed by atoms with Crippen LogP contribution in [0.1, 0.15) is 19.3 Å². The van der Waals surface area contributed by atoms with E-state index in [1.54, 1.807) is 23.0 Å². The van der Waals surface area contributed by atoms with E-state index in [1.807, 2.05) is 6.07 Å². The lowest BCUT2D eigenvalue weighted by molar-refractivity contribution is 0.0499. The van der Waals surface area contributed by atoms with Crippen molar-refractivity contribution in [3.63, 3.8) is 0 Å². The number of fused-ring (bicyclic) bond motifs is 1. The zero-order valence-electron chi connectivity index (χ0n) is 13.8. The third-order valence-electron chi connectivity index (χ3n) is 4.67. The predicted octanol–water partition coefficient (Wildman–Crippen LogP) is 4.08. The van der Waals surface area contributed by atoms with E-state index in [4.69, 9.17) is 4.74 Å². The van der Waals surface area contributed by atoms with E-state index in [0.717, 1.165) is 42.9 Å². The topological polar surface area (TPSA) is 44.1 Å². The maximum absolute atomic E-state index is 13.1. The van der Waals surface area contributed by atoms with Crippen LogP contribution in [0, 0.1) is 11.7 Å². The van der Waals surface area contributed by atoms with Crippen molar-refractivity contribution in [3.8, 4) is 10.4 Å². The Kier molecular flexibility index (Phi) is 4.63.